The van der Waals surface area contributed by atoms with Crippen molar-refractivity contribution in [3.8, 4) is 5.69 Å². The summed E-state index contributed by atoms with van der Waals surface area (Å²) in [6, 6.07) is 6.83. The molecule has 1 fully saturated rings. The number of carbonyl (C=O) groups is 2. The van der Waals surface area contributed by atoms with Crippen LogP contribution in [0.15, 0.2) is 30.6 Å². The van der Waals surface area contributed by atoms with Crippen LogP contribution >= 0.6 is 0 Å². The normalized spacial score (nSPS) is 15.0. The number of benzene rings is 1. The summed E-state index contributed by atoms with van der Waals surface area (Å²) in [5.41, 5.74) is 1.10. The molecule has 1 aromatic carbocycles. The summed E-state index contributed by atoms with van der Waals surface area (Å²) >= 11 is 0. The Morgan fingerprint density at radius 3 is 2.58 bits per heavy atom. The maximum absolute atomic E-state index is 12.0. The Kier molecular flexibility index (Phi) is 5.15. The van der Waals surface area contributed by atoms with E-state index in [4.69, 9.17) is 4.74 Å². The Labute approximate surface area is 139 Å². The Balaban J connectivity index is 1.48. The molecule has 1 N–H and O–H groups in total. The zero-order valence-corrected chi connectivity index (χ0v) is 13.2. The number of esters is 1. The largest absolute Gasteiger partial charge is 0.452 e. The molecule has 1 heterocycles. The lowest BCUT2D eigenvalue weighted by Gasteiger charge is -2.22. The quantitative estimate of drug-likeness (QED) is 0.829. The molecule has 1 aromatic heterocycles. The Hall–Kier alpha value is -2.77. The molecule has 0 spiro atoms. The number of ether oxygens (including phenoxy) is 1. The topological polar surface area (TPSA) is 99.0 Å². The van der Waals surface area contributed by atoms with E-state index in [1.807, 2.05) is 0 Å². The molecule has 8 nitrogen and oxygen atoms in total. The summed E-state index contributed by atoms with van der Waals surface area (Å²) in [6.45, 7) is -0.260. The summed E-state index contributed by atoms with van der Waals surface area (Å²) in [4.78, 5) is 23.8. The van der Waals surface area contributed by atoms with E-state index in [9.17, 15) is 9.59 Å². The van der Waals surface area contributed by atoms with Crippen LogP contribution in [0.25, 0.3) is 5.69 Å². The second-order valence-corrected chi connectivity index (χ2v) is 5.78. The number of tetrazole rings is 1. The lowest BCUT2D eigenvalue weighted by Crippen LogP contribution is -2.38. The number of nitrogens with one attached hydrogen (secondary N) is 1. The van der Waals surface area contributed by atoms with Crippen molar-refractivity contribution in [2.75, 3.05) is 6.61 Å². The number of hydrogen-bond donors (Lipinski definition) is 1. The average Bonchev–Trinajstić information content (AvgIpc) is 3.15. The van der Waals surface area contributed by atoms with E-state index in [0.29, 0.717) is 5.56 Å². The van der Waals surface area contributed by atoms with Gasteiger partial charge in [-0.05, 0) is 47.5 Å². The molecule has 0 aliphatic heterocycles. The van der Waals surface area contributed by atoms with Crippen molar-refractivity contribution in [1.82, 2.24) is 25.5 Å². The number of hydrogen-bond acceptors (Lipinski definition) is 6. The molecule has 3 rings (SSSR count). The maximum Gasteiger partial charge on any atom is 0.338 e. The van der Waals surface area contributed by atoms with Gasteiger partial charge in [-0.3, -0.25) is 4.79 Å². The van der Waals surface area contributed by atoms with E-state index in [2.05, 4.69) is 20.8 Å². The van der Waals surface area contributed by atoms with Gasteiger partial charge in [0.15, 0.2) is 6.61 Å². The van der Waals surface area contributed by atoms with Crippen LogP contribution in [0, 0.1) is 0 Å². The zero-order chi connectivity index (χ0) is 16.8. The molecule has 0 saturated heterocycles. The summed E-state index contributed by atoms with van der Waals surface area (Å²) in [7, 11) is 0. The number of rotatable bonds is 5. The SMILES string of the molecule is O=C(COC(=O)c1ccc(-n2cnnn2)cc1)NC1CCCCC1. The molecule has 1 aliphatic rings. The standard InChI is InChI=1S/C16H19N5O3/c22-15(18-13-4-2-1-3-5-13)10-24-16(23)12-6-8-14(9-7-12)21-11-17-19-20-21/h6-9,11,13H,1-5,10H2,(H,18,22). The van der Waals surface area contributed by atoms with Gasteiger partial charge in [-0.25, -0.2) is 9.48 Å². The second kappa shape index (κ2) is 7.67. The van der Waals surface area contributed by atoms with Crippen LogP contribution in [-0.2, 0) is 9.53 Å². The van der Waals surface area contributed by atoms with Crippen molar-refractivity contribution in [2.24, 2.45) is 0 Å². The number of nitrogens with zero attached hydrogens (tertiary/aromatic N) is 4. The summed E-state index contributed by atoms with van der Waals surface area (Å²) in [6.07, 6.45) is 6.96. The van der Waals surface area contributed by atoms with Gasteiger partial charge in [-0.2, -0.15) is 0 Å². The summed E-state index contributed by atoms with van der Waals surface area (Å²) < 4.78 is 6.54. The predicted molar refractivity (Wildman–Crippen MR) is 84.5 cm³/mol. The highest BCUT2D eigenvalue weighted by Crippen LogP contribution is 2.17. The molecule has 8 heteroatoms. The van der Waals surface area contributed by atoms with E-state index < -0.39 is 5.97 Å². The van der Waals surface area contributed by atoms with Crippen molar-refractivity contribution < 1.29 is 14.3 Å². The van der Waals surface area contributed by atoms with Gasteiger partial charge in [0, 0.05) is 6.04 Å². The van der Waals surface area contributed by atoms with Crippen molar-refractivity contribution in [3.05, 3.63) is 36.2 Å². The van der Waals surface area contributed by atoms with Gasteiger partial charge in [0.2, 0.25) is 0 Å². The Morgan fingerprint density at radius 2 is 1.92 bits per heavy atom. The van der Waals surface area contributed by atoms with Crippen LogP contribution in [0.5, 0.6) is 0 Å². The third-order valence-corrected chi connectivity index (χ3v) is 4.02. The van der Waals surface area contributed by atoms with Gasteiger partial charge < -0.3 is 10.1 Å². The highest BCUT2D eigenvalue weighted by molar-refractivity contribution is 5.91. The predicted octanol–water partition coefficient (Wildman–Crippen LogP) is 1.27. The van der Waals surface area contributed by atoms with Gasteiger partial charge in [-0.15, -0.1) is 5.10 Å². The molecule has 1 saturated carbocycles. The Bertz CT molecular complexity index is 678. The smallest absolute Gasteiger partial charge is 0.338 e. The van der Waals surface area contributed by atoms with E-state index in [1.54, 1.807) is 24.3 Å². The Morgan fingerprint density at radius 1 is 1.17 bits per heavy atom. The molecule has 2 aromatic rings. The molecular weight excluding hydrogens is 310 g/mol. The minimum atomic E-state index is -0.531. The highest BCUT2D eigenvalue weighted by atomic mass is 16.5. The maximum atomic E-state index is 12.0. The van der Waals surface area contributed by atoms with Crippen molar-refractivity contribution in [2.45, 2.75) is 38.1 Å². The van der Waals surface area contributed by atoms with Crippen molar-refractivity contribution >= 4 is 11.9 Å². The third kappa shape index (κ3) is 4.15. The minimum absolute atomic E-state index is 0.209. The molecule has 24 heavy (non-hydrogen) atoms. The molecular formula is C16H19N5O3. The lowest BCUT2D eigenvalue weighted by atomic mass is 9.95. The molecule has 0 atom stereocenters. The molecule has 126 valence electrons. The van der Waals surface area contributed by atoms with Crippen LogP contribution in [0.4, 0.5) is 0 Å². The molecule has 0 unspecified atom stereocenters. The number of aromatic nitrogens is 4. The van der Waals surface area contributed by atoms with Crippen LogP contribution in [0.1, 0.15) is 42.5 Å². The first-order valence-electron chi connectivity index (χ1n) is 8.02. The minimum Gasteiger partial charge on any atom is -0.452 e. The van der Waals surface area contributed by atoms with Gasteiger partial charge in [0.05, 0.1) is 11.3 Å². The monoisotopic (exact) mass is 329 g/mol. The third-order valence-electron chi connectivity index (χ3n) is 4.02. The summed E-state index contributed by atoms with van der Waals surface area (Å²) in [5, 5.41) is 13.8. The lowest BCUT2D eigenvalue weighted by molar-refractivity contribution is -0.125. The van der Waals surface area contributed by atoms with Gasteiger partial charge in [-0.1, -0.05) is 19.3 Å². The van der Waals surface area contributed by atoms with Gasteiger partial charge >= 0.3 is 5.97 Å². The fraction of sp³-hybridized carbons (Fsp3) is 0.438. The van der Waals surface area contributed by atoms with E-state index in [0.717, 1.165) is 31.4 Å². The fourth-order valence-electron chi connectivity index (χ4n) is 2.76. The van der Waals surface area contributed by atoms with Crippen molar-refractivity contribution in [1.29, 1.82) is 0 Å². The average molecular weight is 329 g/mol. The van der Waals surface area contributed by atoms with Crippen LogP contribution in [0.2, 0.25) is 0 Å². The summed E-state index contributed by atoms with van der Waals surface area (Å²) in [5.74, 6) is -0.780. The van der Waals surface area contributed by atoms with Crippen LogP contribution in [0.3, 0.4) is 0 Å². The van der Waals surface area contributed by atoms with E-state index >= 15 is 0 Å². The zero-order valence-electron chi connectivity index (χ0n) is 13.2. The number of amides is 1. The van der Waals surface area contributed by atoms with E-state index in [1.165, 1.54) is 17.4 Å². The molecule has 0 bridgehead atoms. The first kappa shape index (κ1) is 16.1. The molecule has 1 amide bonds. The first-order chi connectivity index (χ1) is 11.7. The fourth-order valence-corrected chi connectivity index (χ4v) is 2.76. The van der Waals surface area contributed by atoms with E-state index in [-0.39, 0.29) is 18.6 Å². The first-order valence-corrected chi connectivity index (χ1v) is 8.02. The van der Waals surface area contributed by atoms with Crippen LogP contribution < -0.4 is 5.32 Å². The van der Waals surface area contributed by atoms with Gasteiger partial charge in [0.25, 0.3) is 5.91 Å². The molecule has 1 aliphatic carbocycles. The molecule has 0 radical (unpaired) electrons. The van der Waals surface area contributed by atoms with Gasteiger partial charge in [0.1, 0.15) is 6.33 Å². The second-order valence-electron chi connectivity index (χ2n) is 5.78. The number of carbonyl (C=O) groups excluding carboxylic acids is 2. The van der Waals surface area contributed by atoms with Crippen LogP contribution in [-0.4, -0.2) is 44.7 Å². The van der Waals surface area contributed by atoms with Crippen molar-refractivity contribution in [3.63, 3.8) is 0 Å². The highest BCUT2D eigenvalue weighted by Gasteiger charge is 2.17.